The molecule has 1 aromatic carbocycles. The molecule has 0 radical (unpaired) electrons. The van der Waals surface area contributed by atoms with Crippen LogP contribution >= 0.6 is 0 Å². The van der Waals surface area contributed by atoms with Crippen LogP contribution in [0.2, 0.25) is 0 Å². The number of rotatable bonds is 3. The summed E-state index contributed by atoms with van der Waals surface area (Å²) in [5.41, 5.74) is 9.84. The summed E-state index contributed by atoms with van der Waals surface area (Å²) in [4.78, 5) is 10.6. The number of benzene rings is 1. The molecule has 1 aromatic rings. The fourth-order valence-corrected chi connectivity index (χ4v) is 1.10. The molecule has 0 saturated carbocycles. The number of aldehydes is 1. The molecule has 70 valence electrons. The van der Waals surface area contributed by atoms with Gasteiger partial charge in [-0.2, -0.15) is 0 Å². The third-order valence-electron chi connectivity index (χ3n) is 1.87. The minimum absolute atomic E-state index is 0.127. The SMILES string of the molecule is NC[C@](N)(O)c1ccccc1C=O. The van der Waals surface area contributed by atoms with Crippen LogP contribution in [0.15, 0.2) is 24.3 Å². The molecular formula is C9H12N2O2. The standard InChI is InChI=1S/C9H12N2O2/c10-6-9(11,13)8-4-2-1-3-7(8)5-12/h1-5,13H,6,10-11H2/t9-/m0/s1. The van der Waals surface area contributed by atoms with Crippen LogP contribution in [0.1, 0.15) is 15.9 Å². The molecule has 0 saturated heterocycles. The van der Waals surface area contributed by atoms with Crippen LogP contribution in [0.3, 0.4) is 0 Å². The lowest BCUT2D eigenvalue weighted by Gasteiger charge is -2.22. The van der Waals surface area contributed by atoms with Crippen LogP contribution in [0, 0.1) is 0 Å². The topological polar surface area (TPSA) is 89.3 Å². The van der Waals surface area contributed by atoms with E-state index in [-0.39, 0.29) is 6.54 Å². The average molecular weight is 180 g/mol. The summed E-state index contributed by atoms with van der Waals surface area (Å²) in [6, 6.07) is 6.54. The highest BCUT2D eigenvalue weighted by Gasteiger charge is 2.23. The fourth-order valence-electron chi connectivity index (χ4n) is 1.10. The van der Waals surface area contributed by atoms with Crippen molar-refractivity contribution in [2.24, 2.45) is 11.5 Å². The molecule has 0 spiro atoms. The minimum atomic E-state index is -1.63. The van der Waals surface area contributed by atoms with Crippen molar-refractivity contribution in [3.05, 3.63) is 35.4 Å². The first-order chi connectivity index (χ1) is 6.11. The molecule has 0 aliphatic rings. The zero-order valence-corrected chi connectivity index (χ0v) is 7.10. The van der Waals surface area contributed by atoms with Crippen LogP contribution < -0.4 is 11.5 Å². The molecule has 0 aliphatic heterocycles. The Labute approximate surface area is 76.2 Å². The second-order valence-electron chi connectivity index (χ2n) is 2.83. The summed E-state index contributed by atoms with van der Waals surface area (Å²) in [6.07, 6.45) is 0.642. The van der Waals surface area contributed by atoms with E-state index in [1.165, 1.54) is 0 Å². The summed E-state index contributed by atoms with van der Waals surface area (Å²) in [5.74, 6) is 0. The second-order valence-corrected chi connectivity index (χ2v) is 2.83. The van der Waals surface area contributed by atoms with Gasteiger partial charge in [0.25, 0.3) is 0 Å². The molecule has 5 N–H and O–H groups in total. The Morgan fingerprint density at radius 2 is 2.08 bits per heavy atom. The van der Waals surface area contributed by atoms with Gasteiger partial charge in [-0.15, -0.1) is 0 Å². The first-order valence-corrected chi connectivity index (χ1v) is 3.88. The highest BCUT2D eigenvalue weighted by molar-refractivity contribution is 5.77. The van der Waals surface area contributed by atoms with Crippen LogP contribution in [-0.2, 0) is 5.72 Å². The van der Waals surface area contributed by atoms with Gasteiger partial charge in [0, 0.05) is 17.7 Å². The van der Waals surface area contributed by atoms with Gasteiger partial charge in [-0.3, -0.25) is 10.5 Å². The number of carbonyl (C=O) groups is 1. The van der Waals surface area contributed by atoms with E-state index in [2.05, 4.69) is 0 Å². The van der Waals surface area contributed by atoms with Crippen molar-refractivity contribution in [2.45, 2.75) is 5.72 Å². The summed E-state index contributed by atoms with van der Waals surface area (Å²) < 4.78 is 0. The van der Waals surface area contributed by atoms with Gasteiger partial charge in [-0.05, 0) is 0 Å². The number of hydrogen-bond donors (Lipinski definition) is 3. The molecule has 0 unspecified atom stereocenters. The van der Waals surface area contributed by atoms with Crippen LogP contribution in [0.5, 0.6) is 0 Å². The Kier molecular flexibility index (Phi) is 2.77. The number of nitrogens with two attached hydrogens (primary N) is 2. The smallest absolute Gasteiger partial charge is 0.152 e. The van der Waals surface area contributed by atoms with Crippen molar-refractivity contribution in [2.75, 3.05) is 6.54 Å². The van der Waals surface area contributed by atoms with Gasteiger partial charge < -0.3 is 10.8 Å². The van der Waals surface area contributed by atoms with E-state index in [1.54, 1.807) is 24.3 Å². The Hall–Kier alpha value is -1.23. The van der Waals surface area contributed by atoms with Gasteiger partial charge >= 0.3 is 0 Å². The van der Waals surface area contributed by atoms with E-state index in [1.807, 2.05) is 0 Å². The summed E-state index contributed by atoms with van der Waals surface area (Å²) in [5, 5.41) is 9.60. The van der Waals surface area contributed by atoms with Crippen LogP contribution in [-0.4, -0.2) is 17.9 Å². The van der Waals surface area contributed by atoms with E-state index in [0.717, 1.165) is 0 Å². The van der Waals surface area contributed by atoms with Crippen molar-refractivity contribution >= 4 is 6.29 Å². The van der Waals surface area contributed by atoms with Crippen molar-refractivity contribution in [1.82, 2.24) is 0 Å². The molecule has 13 heavy (non-hydrogen) atoms. The van der Waals surface area contributed by atoms with Crippen LogP contribution in [0.4, 0.5) is 0 Å². The van der Waals surface area contributed by atoms with Crippen molar-refractivity contribution in [3.63, 3.8) is 0 Å². The summed E-state index contributed by atoms with van der Waals surface area (Å²) >= 11 is 0. The van der Waals surface area contributed by atoms with Gasteiger partial charge in [0.2, 0.25) is 0 Å². The van der Waals surface area contributed by atoms with Crippen molar-refractivity contribution in [3.8, 4) is 0 Å². The van der Waals surface area contributed by atoms with Gasteiger partial charge in [0.1, 0.15) is 6.29 Å². The van der Waals surface area contributed by atoms with Crippen LogP contribution in [0.25, 0.3) is 0 Å². The quantitative estimate of drug-likeness (QED) is 0.434. The molecule has 0 fully saturated rings. The zero-order valence-electron chi connectivity index (χ0n) is 7.10. The lowest BCUT2D eigenvalue weighted by molar-refractivity contribution is 0.0521. The summed E-state index contributed by atoms with van der Waals surface area (Å²) in [7, 11) is 0. The summed E-state index contributed by atoms with van der Waals surface area (Å²) in [6.45, 7) is -0.127. The third-order valence-corrected chi connectivity index (χ3v) is 1.87. The number of hydrogen-bond acceptors (Lipinski definition) is 4. The molecule has 4 heteroatoms. The maximum absolute atomic E-state index is 10.6. The average Bonchev–Trinajstić information content (AvgIpc) is 2.18. The first-order valence-electron chi connectivity index (χ1n) is 3.88. The lowest BCUT2D eigenvalue weighted by atomic mass is 9.98. The predicted octanol–water partition coefficient (Wildman–Crippen LogP) is -0.438. The first kappa shape index (κ1) is 9.85. The molecule has 0 bridgehead atoms. The predicted molar refractivity (Wildman–Crippen MR) is 49.0 cm³/mol. The second kappa shape index (κ2) is 3.66. The molecule has 0 heterocycles. The van der Waals surface area contributed by atoms with E-state index < -0.39 is 5.72 Å². The van der Waals surface area contributed by atoms with Gasteiger partial charge in [0.05, 0.1) is 0 Å². The Morgan fingerprint density at radius 1 is 1.46 bits per heavy atom. The Bertz CT molecular complexity index is 310. The highest BCUT2D eigenvalue weighted by atomic mass is 16.3. The molecule has 1 atom stereocenters. The van der Waals surface area contributed by atoms with Gasteiger partial charge in [-0.1, -0.05) is 24.3 Å². The minimum Gasteiger partial charge on any atom is -0.370 e. The highest BCUT2D eigenvalue weighted by Crippen LogP contribution is 2.17. The Morgan fingerprint density at radius 3 is 2.62 bits per heavy atom. The monoisotopic (exact) mass is 180 g/mol. The normalized spacial score (nSPS) is 15.0. The lowest BCUT2D eigenvalue weighted by Crippen LogP contribution is -2.44. The number of carbonyl (C=O) groups excluding carboxylic acids is 1. The number of aliphatic hydroxyl groups is 1. The van der Waals surface area contributed by atoms with E-state index in [0.29, 0.717) is 17.4 Å². The molecule has 4 nitrogen and oxygen atoms in total. The molecular weight excluding hydrogens is 168 g/mol. The van der Waals surface area contributed by atoms with E-state index in [4.69, 9.17) is 11.5 Å². The molecule has 0 amide bonds. The van der Waals surface area contributed by atoms with Crippen molar-refractivity contribution < 1.29 is 9.90 Å². The molecule has 0 aliphatic carbocycles. The largest absolute Gasteiger partial charge is 0.370 e. The van der Waals surface area contributed by atoms with Gasteiger partial charge in [-0.25, -0.2) is 0 Å². The van der Waals surface area contributed by atoms with Crippen molar-refractivity contribution in [1.29, 1.82) is 0 Å². The Balaban J connectivity index is 3.20. The molecule has 1 rings (SSSR count). The van der Waals surface area contributed by atoms with E-state index in [9.17, 15) is 9.90 Å². The fraction of sp³-hybridized carbons (Fsp3) is 0.222. The maximum atomic E-state index is 10.6. The van der Waals surface area contributed by atoms with E-state index >= 15 is 0 Å². The maximum Gasteiger partial charge on any atom is 0.152 e. The zero-order chi connectivity index (χ0) is 9.90. The van der Waals surface area contributed by atoms with Gasteiger partial charge in [0.15, 0.2) is 5.72 Å². The molecule has 0 aromatic heterocycles. The third kappa shape index (κ3) is 1.92.